The Morgan fingerprint density at radius 3 is 1.98 bits per heavy atom. The molecule has 0 saturated heterocycles. The number of aryl methyl sites for hydroxylation is 1. The third kappa shape index (κ3) is 8.66. The highest BCUT2D eigenvalue weighted by Crippen LogP contribution is 2.29. The molecule has 0 unspecified atom stereocenters. The molecule has 0 spiro atoms. The summed E-state index contributed by atoms with van der Waals surface area (Å²) >= 11 is 13.1. The first-order valence-corrected chi connectivity index (χ1v) is 16.9. The molecule has 0 saturated carbocycles. The van der Waals surface area contributed by atoms with E-state index in [0.717, 1.165) is 15.4 Å². The molecular formula is C35H37Cl2N3O4S. The van der Waals surface area contributed by atoms with E-state index in [-0.39, 0.29) is 29.8 Å². The molecule has 4 rings (SSSR count). The third-order valence-corrected chi connectivity index (χ3v) is 10.1. The van der Waals surface area contributed by atoms with Gasteiger partial charge >= 0.3 is 0 Å². The monoisotopic (exact) mass is 665 g/mol. The second kappa shape index (κ2) is 15.4. The highest BCUT2D eigenvalue weighted by Gasteiger charge is 2.35. The fourth-order valence-corrected chi connectivity index (χ4v) is 6.76. The number of nitrogens with one attached hydrogen (secondary N) is 1. The average Bonchev–Trinajstić information content (AvgIpc) is 3.04. The van der Waals surface area contributed by atoms with Crippen LogP contribution in [-0.2, 0) is 32.6 Å². The fourth-order valence-electron chi connectivity index (χ4n) is 4.81. The van der Waals surface area contributed by atoms with Crippen molar-refractivity contribution >= 4 is 50.7 Å². The van der Waals surface area contributed by atoms with Crippen LogP contribution in [-0.4, -0.2) is 43.8 Å². The van der Waals surface area contributed by atoms with Crippen molar-refractivity contribution in [3.8, 4) is 0 Å². The van der Waals surface area contributed by atoms with E-state index >= 15 is 0 Å². The van der Waals surface area contributed by atoms with Crippen LogP contribution in [0.3, 0.4) is 0 Å². The minimum atomic E-state index is -4.18. The van der Waals surface area contributed by atoms with Crippen LogP contribution < -0.4 is 9.62 Å². The molecule has 0 aliphatic heterocycles. The summed E-state index contributed by atoms with van der Waals surface area (Å²) in [4.78, 5) is 29.9. The molecule has 10 heteroatoms. The molecule has 45 heavy (non-hydrogen) atoms. The fraction of sp³-hybridized carbons (Fsp3) is 0.257. The summed E-state index contributed by atoms with van der Waals surface area (Å²) in [6, 6.07) is 28.1. The number of hydrogen-bond acceptors (Lipinski definition) is 4. The number of sulfonamides is 1. The normalized spacial score (nSPS) is 12.6. The molecular weight excluding hydrogens is 629 g/mol. The van der Waals surface area contributed by atoms with Gasteiger partial charge in [0.1, 0.15) is 12.6 Å². The number of carbonyl (C=O) groups excluding carboxylic acids is 2. The zero-order valence-corrected chi connectivity index (χ0v) is 27.8. The lowest BCUT2D eigenvalue weighted by molar-refractivity contribution is -0.140. The molecule has 2 atom stereocenters. The lowest BCUT2D eigenvalue weighted by atomic mass is 10.0. The van der Waals surface area contributed by atoms with Crippen LogP contribution in [0.25, 0.3) is 0 Å². The Labute approximate surface area is 275 Å². The SMILES string of the molecule is CC[C@H](C)NC(=O)[C@H](Cc1ccccc1)N(Cc1c(Cl)cccc1Cl)C(=O)CN(c1ccc(C)cc1)S(=O)(=O)c1ccccc1. The van der Waals surface area contributed by atoms with E-state index < -0.39 is 28.5 Å². The molecule has 236 valence electrons. The van der Waals surface area contributed by atoms with Gasteiger partial charge in [-0.2, -0.15) is 0 Å². The number of amides is 2. The Morgan fingerprint density at radius 2 is 1.40 bits per heavy atom. The van der Waals surface area contributed by atoms with Crippen molar-refractivity contribution in [1.82, 2.24) is 10.2 Å². The van der Waals surface area contributed by atoms with Crippen LogP contribution in [0.4, 0.5) is 5.69 Å². The minimum Gasteiger partial charge on any atom is -0.352 e. The van der Waals surface area contributed by atoms with Crippen molar-refractivity contribution in [1.29, 1.82) is 0 Å². The number of rotatable bonds is 13. The minimum absolute atomic E-state index is 0.0365. The van der Waals surface area contributed by atoms with Gasteiger partial charge < -0.3 is 10.2 Å². The lowest BCUT2D eigenvalue weighted by Gasteiger charge is -2.34. The first-order valence-electron chi connectivity index (χ1n) is 14.7. The zero-order chi connectivity index (χ0) is 32.6. The van der Waals surface area contributed by atoms with Gasteiger partial charge in [-0.3, -0.25) is 13.9 Å². The molecule has 2 amide bonds. The number of carbonyl (C=O) groups is 2. The van der Waals surface area contributed by atoms with Crippen LogP contribution in [0.15, 0.2) is 108 Å². The Balaban J connectivity index is 1.83. The molecule has 0 aliphatic carbocycles. The van der Waals surface area contributed by atoms with E-state index in [1.54, 1.807) is 60.7 Å². The third-order valence-electron chi connectivity index (χ3n) is 7.59. The summed E-state index contributed by atoms with van der Waals surface area (Å²) in [5, 5.41) is 3.67. The molecule has 0 aliphatic rings. The van der Waals surface area contributed by atoms with Gasteiger partial charge in [-0.15, -0.1) is 0 Å². The summed E-state index contributed by atoms with van der Waals surface area (Å²) in [5.41, 5.74) is 2.53. The van der Waals surface area contributed by atoms with E-state index in [9.17, 15) is 18.0 Å². The van der Waals surface area contributed by atoms with Crippen LogP contribution in [0, 0.1) is 6.92 Å². The molecule has 0 fully saturated rings. The van der Waals surface area contributed by atoms with E-state index in [4.69, 9.17) is 23.2 Å². The number of hydrogen-bond donors (Lipinski definition) is 1. The van der Waals surface area contributed by atoms with Gasteiger partial charge in [0.25, 0.3) is 10.0 Å². The molecule has 0 heterocycles. The maximum Gasteiger partial charge on any atom is 0.264 e. The topological polar surface area (TPSA) is 86.8 Å². The van der Waals surface area contributed by atoms with Crippen molar-refractivity contribution < 1.29 is 18.0 Å². The smallest absolute Gasteiger partial charge is 0.264 e. The first-order chi connectivity index (χ1) is 21.5. The van der Waals surface area contributed by atoms with Gasteiger partial charge in [0.05, 0.1) is 10.6 Å². The maximum absolute atomic E-state index is 14.5. The van der Waals surface area contributed by atoms with E-state index in [0.29, 0.717) is 27.7 Å². The lowest BCUT2D eigenvalue weighted by Crippen LogP contribution is -2.54. The second-order valence-corrected chi connectivity index (χ2v) is 13.6. The van der Waals surface area contributed by atoms with Crippen LogP contribution in [0.5, 0.6) is 0 Å². The van der Waals surface area contributed by atoms with Gasteiger partial charge in [-0.25, -0.2) is 8.42 Å². The van der Waals surface area contributed by atoms with Crippen molar-refractivity contribution in [2.24, 2.45) is 0 Å². The Morgan fingerprint density at radius 1 is 0.822 bits per heavy atom. The highest BCUT2D eigenvalue weighted by atomic mass is 35.5. The second-order valence-electron chi connectivity index (χ2n) is 10.9. The van der Waals surface area contributed by atoms with E-state index in [1.165, 1.54) is 17.0 Å². The largest absolute Gasteiger partial charge is 0.352 e. The summed E-state index contributed by atoms with van der Waals surface area (Å²) in [7, 11) is -4.18. The molecule has 1 N–H and O–H groups in total. The highest BCUT2D eigenvalue weighted by molar-refractivity contribution is 7.92. The summed E-state index contributed by atoms with van der Waals surface area (Å²) in [6.07, 6.45) is 0.873. The molecule has 0 radical (unpaired) electrons. The zero-order valence-electron chi connectivity index (χ0n) is 25.5. The van der Waals surface area contributed by atoms with Crippen LogP contribution in [0.1, 0.15) is 37.0 Å². The average molecular weight is 667 g/mol. The van der Waals surface area contributed by atoms with Crippen molar-refractivity contribution in [2.45, 2.75) is 57.1 Å². The van der Waals surface area contributed by atoms with Gasteiger partial charge in [-0.05, 0) is 62.2 Å². The molecule has 0 aromatic heterocycles. The molecule has 4 aromatic carbocycles. The standard InChI is InChI=1S/C35H37Cl2N3O4S/c1-4-26(3)38-35(42)33(22-27-12-7-5-8-13-27)39(23-30-31(36)16-11-17-32(30)37)34(41)24-40(28-20-18-25(2)19-21-28)45(43,44)29-14-9-6-10-15-29/h5-21,26,33H,4,22-24H2,1-3H3,(H,38,42)/t26-,33-/m0/s1. The predicted octanol–water partition coefficient (Wildman–Crippen LogP) is 7.05. The Hall–Kier alpha value is -3.85. The summed E-state index contributed by atoms with van der Waals surface area (Å²) in [6.45, 7) is 5.06. The van der Waals surface area contributed by atoms with Gasteiger partial charge in [-0.1, -0.05) is 102 Å². The van der Waals surface area contributed by atoms with Gasteiger partial charge in [0, 0.05) is 34.6 Å². The van der Waals surface area contributed by atoms with Crippen molar-refractivity contribution in [2.75, 3.05) is 10.8 Å². The number of halogens is 2. The van der Waals surface area contributed by atoms with Gasteiger partial charge in [0.15, 0.2) is 0 Å². The van der Waals surface area contributed by atoms with Gasteiger partial charge in [0.2, 0.25) is 11.8 Å². The van der Waals surface area contributed by atoms with E-state index in [1.807, 2.05) is 51.1 Å². The van der Waals surface area contributed by atoms with Crippen LogP contribution in [0.2, 0.25) is 10.0 Å². The number of anilines is 1. The number of benzene rings is 4. The van der Waals surface area contributed by atoms with Crippen molar-refractivity contribution in [3.05, 3.63) is 130 Å². The molecule has 4 aromatic rings. The first kappa shape index (κ1) is 34.0. The Bertz CT molecular complexity index is 1680. The summed E-state index contributed by atoms with van der Waals surface area (Å²) < 4.78 is 29.2. The van der Waals surface area contributed by atoms with Crippen LogP contribution >= 0.6 is 23.2 Å². The molecule has 7 nitrogen and oxygen atoms in total. The Kier molecular flexibility index (Phi) is 11.7. The molecule has 0 bridgehead atoms. The maximum atomic E-state index is 14.5. The quantitative estimate of drug-likeness (QED) is 0.166. The summed E-state index contributed by atoms with van der Waals surface area (Å²) in [5.74, 6) is -0.955. The predicted molar refractivity (Wildman–Crippen MR) is 181 cm³/mol. The number of nitrogens with zero attached hydrogens (tertiary/aromatic N) is 2. The van der Waals surface area contributed by atoms with Crippen molar-refractivity contribution in [3.63, 3.8) is 0 Å². The van der Waals surface area contributed by atoms with E-state index in [2.05, 4.69) is 5.32 Å².